The van der Waals surface area contributed by atoms with Crippen molar-refractivity contribution in [2.45, 2.75) is 26.8 Å². The van der Waals surface area contributed by atoms with Gasteiger partial charge in [0.05, 0.1) is 0 Å². The van der Waals surface area contributed by atoms with Crippen molar-refractivity contribution in [1.82, 2.24) is 9.97 Å². The lowest BCUT2D eigenvalue weighted by Gasteiger charge is -2.07. The van der Waals surface area contributed by atoms with Crippen LogP contribution in [0.5, 0.6) is 0 Å². The maximum atomic E-state index is 4.30. The molecule has 2 aromatic rings. The van der Waals surface area contributed by atoms with E-state index >= 15 is 0 Å². The highest BCUT2D eigenvalue weighted by Crippen LogP contribution is 2.27. The van der Waals surface area contributed by atoms with Crippen LogP contribution in [0.15, 0.2) is 23.8 Å². The Kier molecular flexibility index (Phi) is 3.19. The van der Waals surface area contributed by atoms with Crippen LogP contribution in [0.4, 0.5) is 5.95 Å². The summed E-state index contributed by atoms with van der Waals surface area (Å²) >= 11 is 1.72. The van der Waals surface area contributed by atoms with Gasteiger partial charge in [0.2, 0.25) is 5.95 Å². The molecular formula is C12H15N3S. The summed E-state index contributed by atoms with van der Waals surface area (Å²) in [5.41, 5.74) is 2.36. The molecule has 0 amide bonds. The summed E-state index contributed by atoms with van der Waals surface area (Å²) in [7, 11) is 0. The van der Waals surface area contributed by atoms with E-state index in [1.807, 2.05) is 12.4 Å². The third-order valence-electron chi connectivity index (χ3n) is 2.19. The van der Waals surface area contributed by atoms with Gasteiger partial charge in [0.15, 0.2) is 0 Å². The predicted molar refractivity (Wildman–Crippen MR) is 68.8 cm³/mol. The molecular weight excluding hydrogens is 218 g/mol. The molecule has 0 unspecified atom stereocenters. The number of nitrogens with one attached hydrogen (secondary N) is 1. The SMILES string of the molecule is Cc1ccsc1-c1cnc(NC(C)C)nc1. The fourth-order valence-electron chi connectivity index (χ4n) is 1.45. The van der Waals surface area contributed by atoms with Crippen LogP contribution in [-0.4, -0.2) is 16.0 Å². The Hall–Kier alpha value is -1.42. The molecule has 0 saturated heterocycles. The van der Waals surface area contributed by atoms with Crippen molar-refractivity contribution in [3.05, 3.63) is 29.4 Å². The number of aromatic nitrogens is 2. The summed E-state index contributed by atoms with van der Waals surface area (Å²) in [5, 5.41) is 5.26. The lowest BCUT2D eigenvalue weighted by molar-refractivity contribution is 0.874. The van der Waals surface area contributed by atoms with E-state index in [0.29, 0.717) is 12.0 Å². The van der Waals surface area contributed by atoms with Gasteiger partial charge in [-0.2, -0.15) is 0 Å². The first-order valence-electron chi connectivity index (χ1n) is 5.30. The number of nitrogens with zero attached hydrogens (tertiary/aromatic N) is 2. The van der Waals surface area contributed by atoms with Crippen molar-refractivity contribution >= 4 is 17.3 Å². The van der Waals surface area contributed by atoms with Gasteiger partial charge in [-0.05, 0) is 37.8 Å². The van der Waals surface area contributed by atoms with E-state index < -0.39 is 0 Å². The molecule has 0 spiro atoms. The minimum Gasteiger partial charge on any atom is -0.352 e. The minimum absolute atomic E-state index is 0.356. The largest absolute Gasteiger partial charge is 0.352 e. The second-order valence-electron chi connectivity index (χ2n) is 4.03. The highest BCUT2D eigenvalue weighted by molar-refractivity contribution is 7.13. The number of hydrogen-bond acceptors (Lipinski definition) is 4. The van der Waals surface area contributed by atoms with Gasteiger partial charge in [-0.3, -0.25) is 0 Å². The normalized spacial score (nSPS) is 10.8. The Morgan fingerprint density at radius 2 is 1.94 bits per heavy atom. The summed E-state index contributed by atoms with van der Waals surface area (Å²) in [6, 6.07) is 2.47. The molecule has 0 aromatic carbocycles. The fourth-order valence-corrected chi connectivity index (χ4v) is 2.35. The average Bonchev–Trinajstić information content (AvgIpc) is 2.65. The first-order valence-corrected chi connectivity index (χ1v) is 6.18. The molecule has 0 aliphatic heterocycles. The number of anilines is 1. The molecule has 0 radical (unpaired) electrons. The molecule has 4 heteroatoms. The summed E-state index contributed by atoms with van der Waals surface area (Å²) in [5.74, 6) is 0.688. The summed E-state index contributed by atoms with van der Waals surface area (Å²) < 4.78 is 0. The van der Waals surface area contributed by atoms with Gasteiger partial charge < -0.3 is 5.32 Å². The molecule has 2 aromatic heterocycles. The van der Waals surface area contributed by atoms with Crippen LogP contribution in [0.25, 0.3) is 10.4 Å². The predicted octanol–water partition coefficient (Wildman–Crippen LogP) is 3.33. The van der Waals surface area contributed by atoms with Gasteiger partial charge in [0, 0.05) is 28.9 Å². The molecule has 0 saturated carbocycles. The monoisotopic (exact) mass is 233 g/mol. The highest BCUT2D eigenvalue weighted by Gasteiger charge is 2.05. The van der Waals surface area contributed by atoms with Gasteiger partial charge in [-0.25, -0.2) is 9.97 Å². The zero-order valence-corrected chi connectivity index (χ0v) is 10.5. The van der Waals surface area contributed by atoms with Gasteiger partial charge in [0.1, 0.15) is 0 Å². The standard InChI is InChI=1S/C12H15N3S/c1-8(2)15-12-13-6-10(7-14-12)11-9(3)4-5-16-11/h4-8H,1-3H3,(H,13,14,15). The second-order valence-corrected chi connectivity index (χ2v) is 4.94. The van der Waals surface area contributed by atoms with Crippen LogP contribution in [-0.2, 0) is 0 Å². The summed E-state index contributed by atoms with van der Waals surface area (Å²) in [4.78, 5) is 9.85. The van der Waals surface area contributed by atoms with Crippen LogP contribution in [0.3, 0.4) is 0 Å². The number of hydrogen-bond donors (Lipinski definition) is 1. The second kappa shape index (κ2) is 4.61. The molecule has 84 valence electrons. The maximum Gasteiger partial charge on any atom is 0.222 e. The molecule has 0 fully saturated rings. The molecule has 0 bridgehead atoms. The Labute approximate surface area is 99.6 Å². The van der Waals surface area contributed by atoms with Gasteiger partial charge in [-0.15, -0.1) is 11.3 Å². The van der Waals surface area contributed by atoms with E-state index in [1.54, 1.807) is 11.3 Å². The molecule has 3 nitrogen and oxygen atoms in total. The molecule has 2 heterocycles. The first kappa shape index (κ1) is 11.1. The van der Waals surface area contributed by atoms with E-state index in [-0.39, 0.29) is 0 Å². The third-order valence-corrected chi connectivity index (χ3v) is 3.26. The van der Waals surface area contributed by atoms with E-state index in [4.69, 9.17) is 0 Å². The van der Waals surface area contributed by atoms with Crippen molar-refractivity contribution in [3.8, 4) is 10.4 Å². The number of rotatable bonds is 3. The Morgan fingerprint density at radius 3 is 2.44 bits per heavy atom. The summed E-state index contributed by atoms with van der Waals surface area (Å²) in [6.07, 6.45) is 3.74. The van der Waals surface area contributed by atoms with E-state index in [9.17, 15) is 0 Å². The van der Waals surface area contributed by atoms with E-state index in [1.165, 1.54) is 10.4 Å². The van der Waals surface area contributed by atoms with Gasteiger partial charge in [-0.1, -0.05) is 0 Å². The quantitative estimate of drug-likeness (QED) is 0.883. The highest BCUT2D eigenvalue weighted by atomic mass is 32.1. The topological polar surface area (TPSA) is 37.8 Å². The van der Waals surface area contributed by atoms with E-state index in [2.05, 4.69) is 47.5 Å². The third kappa shape index (κ3) is 2.39. The molecule has 0 aliphatic rings. The maximum absolute atomic E-state index is 4.30. The first-order chi connectivity index (χ1) is 7.66. The Balaban J connectivity index is 2.23. The summed E-state index contributed by atoms with van der Waals surface area (Å²) in [6.45, 7) is 6.24. The van der Waals surface area contributed by atoms with Crippen molar-refractivity contribution in [2.24, 2.45) is 0 Å². The van der Waals surface area contributed by atoms with Gasteiger partial charge >= 0.3 is 0 Å². The van der Waals surface area contributed by atoms with Crippen molar-refractivity contribution in [2.75, 3.05) is 5.32 Å². The van der Waals surface area contributed by atoms with E-state index in [0.717, 1.165) is 5.56 Å². The van der Waals surface area contributed by atoms with Gasteiger partial charge in [0.25, 0.3) is 0 Å². The van der Waals surface area contributed by atoms with Crippen molar-refractivity contribution in [3.63, 3.8) is 0 Å². The van der Waals surface area contributed by atoms with Crippen LogP contribution in [0.2, 0.25) is 0 Å². The Bertz CT molecular complexity index is 459. The van der Waals surface area contributed by atoms with Crippen molar-refractivity contribution < 1.29 is 0 Å². The lowest BCUT2D eigenvalue weighted by atomic mass is 10.2. The molecule has 16 heavy (non-hydrogen) atoms. The van der Waals surface area contributed by atoms with Crippen LogP contribution < -0.4 is 5.32 Å². The van der Waals surface area contributed by atoms with Crippen LogP contribution in [0, 0.1) is 6.92 Å². The molecule has 0 aliphatic carbocycles. The minimum atomic E-state index is 0.356. The fraction of sp³-hybridized carbons (Fsp3) is 0.333. The zero-order chi connectivity index (χ0) is 11.5. The zero-order valence-electron chi connectivity index (χ0n) is 9.69. The van der Waals surface area contributed by atoms with Crippen molar-refractivity contribution in [1.29, 1.82) is 0 Å². The number of aryl methyl sites for hydroxylation is 1. The molecule has 2 rings (SSSR count). The smallest absolute Gasteiger partial charge is 0.222 e. The average molecular weight is 233 g/mol. The van der Waals surface area contributed by atoms with Crippen LogP contribution >= 0.6 is 11.3 Å². The molecule has 1 N–H and O–H groups in total. The Morgan fingerprint density at radius 1 is 1.25 bits per heavy atom. The van der Waals surface area contributed by atoms with Crippen LogP contribution in [0.1, 0.15) is 19.4 Å². The molecule has 0 atom stereocenters. The number of thiophene rings is 1. The lowest BCUT2D eigenvalue weighted by Crippen LogP contribution is -2.12.